The van der Waals surface area contributed by atoms with Crippen LogP contribution in [0.4, 0.5) is 10.8 Å². The minimum atomic E-state index is -0.221. The zero-order valence-electron chi connectivity index (χ0n) is 14.2. The van der Waals surface area contributed by atoms with Crippen molar-refractivity contribution >= 4 is 49.9 Å². The van der Waals surface area contributed by atoms with Crippen molar-refractivity contribution < 1.29 is 14.3 Å². The molecule has 0 spiro atoms. The summed E-state index contributed by atoms with van der Waals surface area (Å²) in [6, 6.07) is 12.7. The highest BCUT2D eigenvalue weighted by Crippen LogP contribution is 2.36. The third kappa shape index (κ3) is 3.58. The van der Waals surface area contributed by atoms with Crippen molar-refractivity contribution in [1.82, 2.24) is 4.98 Å². The lowest BCUT2D eigenvalue weighted by Crippen LogP contribution is -2.35. The molecule has 2 amide bonds. The highest BCUT2D eigenvalue weighted by molar-refractivity contribution is 9.10. The Kier molecular flexibility index (Phi) is 4.67. The first-order chi connectivity index (χ1) is 13.0. The Balaban J connectivity index is 1.56. The molecule has 0 saturated heterocycles. The van der Waals surface area contributed by atoms with Gasteiger partial charge in [0.15, 0.2) is 11.7 Å². The molecule has 4 rings (SSSR count). The van der Waals surface area contributed by atoms with Gasteiger partial charge in [0, 0.05) is 28.0 Å². The standard InChI is InChI=1S/C19H14BrN3O3S/c1-23-15-8-11(5-6-16(15)26-9-17(23)24)14-10-27-19(21-14)22-18(25)12-3-2-4-13(20)7-12/h2-8,10H,9H2,1H3,(H,21,22,25). The molecule has 1 aromatic heterocycles. The van der Waals surface area contributed by atoms with E-state index in [1.165, 1.54) is 11.3 Å². The average molecular weight is 444 g/mol. The molecule has 0 fully saturated rings. The van der Waals surface area contributed by atoms with Gasteiger partial charge in [-0.25, -0.2) is 4.98 Å². The predicted octanol–water partition coefficient (Wildman–Crippen LogP) is 4.18. The number of ether oxygens (including phenoxy) is 1. The van der Waals surface area contributed by atoms with Gasteiger partial charge in [0.2, 0.25) is 0 Å². The fourth-order valence-corrected chi connectivity index (χ4v) is 3.81. The lowest BCUT2D eigenvalue weighted by molar-refractivity contribution is -0.120. The second-order valence-electron chi connectivity index (χ2n) is 5.93. The van der Waals surface area contributed by atoms with E-state index >= 15 is 0 Å². The third-order valence-corrected chi connectivity index (χ3v) is 5.40. The number of nitrogens with zero attached hydrogens (tertiary/aromatic N) is 2. The zero-order chi connectivity index (χ0) is 19.0. The first-order valence-electron chi connectivity index (χ1n) is 8.07. The number of rotatable bonds is 3. The molecule has 27 heavy (non-hydrogen) atoms. The molecular weight excluding hydrogens is 430 g/mol. The summed E-state index contributed by atoms with van der Waals surface area (Å²) in [5.74, 6) is 0.348. The fourth-order valence-electron chi connectivity index (χ4n) is 2.69. The van der Waals surface area contributed by atoms with Crippen molar-refractivity contribution in [3.05, 3.63) is 57.9 Å². The Hall–Kier alpha value is -2.71. The zero-order valence-corrected chi connectivity index (χ0v) is 16.6. The monoisotopic (exact) mass is 443 g/mol. The maximum Gasteiger partial charge on any atom is 0.264 e. The van der Waals surface area contributed by atoms with Crippen molar-refractivity contribution in [2.75, 3.05) is 23.9 Å². The quantitative estimate of drug-likeness (QED) is 0.658. The van der Waals surface area contributed by atoms with Gasteiger partial charge in [-0.3, -0.25) is 14.9 Å². The van der Waals surface area contributed by atoms with Crippen molar-refractivity contribution in [1.29, 1.82) is 0 Å². The average Bonchev–Trinajstić information content (AvgIpc) is 3.13. The van der Waals surface area contributed by atoms with Crippen molar-refractivity contribution in [2.45, 2.75) is 0 Å². The summed E-state index contributed by atoms with van der Waals surface area (Å²) in [5, 5.41) is 5.18. The summed E-state index contributed by atoms with van der Waals surface area (Å²) in [6.45, 7) is 0.0470. The molecule has 136 valence electrons. The fraction of sp³-hybridized carbons (Fsp3) is 0.105. The third-order valence-electron chi connectivity index (χ3n) is 4.15. The molecule has 6 nitrogen and oxygen atoms in total. The Morgan fingerprint density at radius 1 is 1.30 bits per heavy atom. The molecule has 0 unspecified atom stereocenters. The molecule has 3 aromatic rings. The minimum absolute atomic E-state index is 0.0470. The van der Waals surface area contributed by atoms with Crippen LogP contribution in [0.1, 0.15) is 10.4 Å². The van der Waals surface area contributed by atoms with E-state index in [0.29, 0.717) is 22.1 Å². The summed E-state index contributed by atoms with van der Waals surface area (Å²) in [7, 11) is 1.72. The van der Waals surface area contributed by atoms with Crippen LogP contribution in [0.3, 0.4) is 0 Å². The van der Waals surface area contributed by atoms with E-state index < -0.39 is 0 Å². The Morgan fingerprint density at radius 3 is 2.96 bits per heavy atom. The molecule has 0 saturated carbocycles. The maximum absolute atomic E-state index is 12.4. The molecule has 1 aliphatic rings. The number of carbonyl (C=O) groups excluding carboxylic acids is 2. The lowest BCUT2D eigenvalue weighted by Gasteiger charge is -2.26. The number of halogens is 1. The number of hydrogen-bond donors (Lipinski definition) is 1. The van der Waals surface area contributed by atoms with Crippen LogP contribution >= 0.6 is 27.3 Å². The van der Waals surface area contributed by atoms with E-state index in [1.807, 2.05) is 29.6 Å². The minimum Gasteiger partial charge on any atom is -0.482 e. The Bertz CT molecular complexity index is 1050. The second kappa shape index (κ2) is 7.13. The molecule has 0 aliphatic carbocycles. The van der Waals surface area contributed by atoms with Gasteiger partial charge in [0.1, 0.15) is 5.75 Å². The number of thiazole rings is 1. The van der Waals surface area contributed by atoms with Crippen LogP contribution in [0.2, 0.25) is 0 Å². The van der Waals surface area contributed by atoms with Gasteiger partial charge >= 0.3 is 0 Å². The predicted molar refractivity (Wildman–Crippen MR) is 109 cm³/mol. The summed E-state index contributed by atoms with van der Waals surface area (Å²) in [4.78, 5) is 30.2. The largest absolute Gasteiger partial charge is 0.482 e. The van der Waals surface area contributed by atoms with Crippen molar-refractivity contribution in [3.8, 4) is 17.0 Å². The van der Waals surface area contributed by atoms with E-state index in [9.17, 15) is 9.59 Å². The van der Waals surface area contributed by atoms with Gasteiger partial charge in [0.25, 0.3) is 11.8 Å². The van der Waals surface area contributed by atoms with Gasteiger partial charge in [-0.1, -0.05) is 22.0 Å². The SMILES string of the molecule is CN1C(=O)COc2ccc(-c3csc(NC(=O)c4cccc(Br)c4)n3)cc21. The van der Waals surface area contributed by atoms with Gasteiger partial charge in [-0.05, 0) is 36.4 Å². The Morgan fingerprint density at radius 2 is 2.15 bits per heavy atom. The number of likely N-dealkylation sites (N-methyl/N-ethyl adjacent to an activating group) is 1. The van der Waals surface area contributed by atoms with Gasteiger partial charge < -0.3 is 9.64 Å². The van der Waals surface area contributed by atoms with E-state index in [1.54, 1.807) is 30.1 Å². The number of nitrogens with one attached hydrogen (secondary N) is 1. The first kappa shape index (κ1) is 17.7. The van der Waals surface area contributed by atoms with Gasteiger partial charge in [-0.2, -0.15) is 0 Å². The number of carbonyl (C=O) groups is 2. The summed E-state index contributed by atoms with van der Waals surface area (Å²) in [5.41, 5.74) is 2.82. The van der Waals surface area contributed by atoms with Crippen LogP contribution in [0.15, 0.2) is 52.3 Å². The summed E-state index contributed by atoms with van der Waals surface area (Å²) >= 11 is 4.70. The molecule has 2 heterocycles. The van der Waals surface area contributed by atoms with Crippen LogP contribution in [-0.4, -0.2) is 30.5 Å². The molecule has 0 bridgehead atoms. The molecule has 1 aliphatic heterocycles. The second-order valence-corrected chi connectivity index (χ2v) is 7.70. The van der Waals surface area contributed by atoms with E-state index in [0.717, 1.165) is 15.7 Å². The summed E-state index contributed by atoms with van der Waals surface area (Å²) < 4.78 is 6.28. The number of fused-ring (bicyclic) bond motifs is 1. The van der Waals surface area contributed by atoms with Crippen LogP contribution in [0, 0.1) is 0 Å². The van der Waals surface area contributed by atoms with E-state index in [4.69, 9.17) is 4.74 Å². The lowest BCUT2D eigenvalue weighted by atomic mass is 10.1. The van der Waals surface area contributed by atoms with Gasteiger partial charge in [0.05, 0.1) is 11.4 Å². The summed E-state index contributed by atoms with van der Waals surface area (Å²) in [6.07, 6.45) is 0. The molecule has 8 heteroatoms. The van der Waals surface area contributed by atoms with Crippen LogP contribution in [0.5, 0.6) is 5.75 Å². The van der Waals surface area contributed by atoms with E-state index in [-0.39, 0.29) is 18.4 Å². The van der Waals surface area contributed by atoms with Crippen molar-refractivity contribution in [2.24, 2.45) is 0 Å². The molecular formula is C19H14BrN3O3S. The van der Waals surface area contributed by atoms with Crippen LogP contribution in [0.25, 0.3) is 11.3 Å². The molecule has 1 N–H and O–H groups in total. The Labute approximate surface area is 167 Å². The number of benzene rings is 2. The molecule has 2 aromatic carbocycles. The van der Waals surface area contributed by atoms with Crippen LogP contribution in [-0.2, 0) is 4.79 Å². The number of anilines is 2. The molecule has 0 radical (unpaired) electrons. The van der Waals surface area contributed by atoms with E-state index in [2.05, 4.69) is 26.2 Å². The number of amides is 2. The van der Waals surface area contributed by atoms with Crippen molar-refractivity contribution in [3.63, 3.8) is 0 Å². The first-order valence-corrected chi connectivity index (χ1v) is 9.75. The van der Waals surface area contributed by atoms with Crippen LogP contribution < -0.4 is 15.0 Å². The smallest absolute Gasteiger partial charge is 0.264 e. The number of aromatic nitrogens is 1. The van der Waals surface area contributed by atoms with Gasteiger partial charge in [-0.15, -0.1) is 11.3 Å². The highest BCUT2D eigenvalue weighted by atomic mass is 79.9. The maximum atomic E-state index is 12.4. The topological polar surface area (TPSA) is 71.5 Å². The normalized spacial score (nSPS) is 13.1. The highest BCUT2D eigenvalue weighted by Gasteiger charge is 2.23. The molecule has 0 atom stereocenters. The number of hydrogen-bond acceptors (Lipinski definition) is 5.